The molecule has 1 unspecified atom stereocenters. The molecule has 0 fully saturated rings. The van der Waals surface area contributed by atoms with Crippen LogP contribution < -0.4 is 0 Å². The lowest BCUT2D eigenvalue weighted by Crippen LogP contribution is -2.28. The summed E-state index contributed by atoms with van der Waals surface area (Å²) in [6, 6.07) is 0. The summed E-state index contributed by atoms with van der Waals surface area (Å²) in [5, 5.41) is 20.2. The van der Waals surface area contributed by atoms with Gasteiger partial charge in [-0.05, 0) is 98.0 Å². The Kier molecular flexibility index (Phi) is 13.9. The Labute approximate surface area is 258 Å². The highest BCUT2D eigenvalue weighted by atomic mass is 16.3. The van der Waals surface area contributed by atoms with Crippen molar-refractivity contribution in [3.63, 3.8) is 0 Å². The van der Waals surface area contributed by atoms with E-state index >= 15 is 0 Å². The van der Waals surface area contributed by atoms with Gasteiger partial charge in [0.15, 0.2) is 0 Å². The summed E-state index contributed by atoms with van der Waals surface area (Å²) in [7, 11) is 0. The van der Waals surface area contributed by atoms with Gasteiger partial charge in [0.25, 0.3) is 0 Å². The lowest BCUT2D eigenvalue weighted by atomic mass is 9.72. The molecule has 0 aromatic rings. The molecule has 230 valence electrons. The lowest BCUT2D eigenvalue weighted by molar-refractivity contribution is 0.116. The van der Waals surface area contributed by atoms with Crippen molar-refractivity contribution in [2.24, 2.45) is 16.7 Å². The van der Waals surface area contributed by atoms with E-state index in [1.54, 1.807) is 0 Å². The number of allylic oxidation sites excluding steroid dienone is 10. The second-order valence-electron chi connectivity index (χ2n) is 14.3. The third-order valence-corrected chi connectivity index (χ3v) is 8.65. The molecule has 0 aromatic carbocycles. The van der Waals surface area contributed by atoms with E-state index in [0.29, 0.717) is 5.92 Å². The van der Waals surface area contributed by atoms with Gasteiger partial charge in [-0.15, -0.1) is 0 Å². The van der Waals surface area contributed by atoms with Crippen molar-refractivity contribution in [1.82, 2.24) is 0 Å². The topological polar surface area (TPSA) is 40.5 Å². The molecule has 0 aliphatic heterocycles. The van der Waals surface area contributed by atoms with Crippen molar-refractivity contribution in [2.45, 2.75) is 139 Å². The first-order valence-electron chi connectivity index (χ1n) is 16.1. The molecule has 2 rings (SSSR count). The SMILES string of the molecule is CC1=C(C#C/C(C)=C/C=C/C(C)=C/CC/C=C(\C)CCCC(C)C#CC2=C(C)C[C@@H](O)CC2(C)C)C(C)(C)C[C@H](O)C1. The number of rotatable bonds is 9. The van der Waals surface area contributed by atoms with E-state index in [0.717, 1.165) is 56.9 Å². The number of aliphatic hydroxyl groups is 2. The quantitative estimate of drug-likeness (QED) is 0.125. The van der Waals surface area contributed by atoms with Crippen LogP contribution in [0.15, 0.2) is 69.4 Å². The molecular weight excluding hydrogens is 512 g/mol. The van der Waals surface area contributed by atoms with Crippen LogP contribution in [0.4, 0.5) is 0 Å². The zero-order valence-electron chi connectivity index (χ0n) is 28.4. The maximum atomic E-state index is 10.1. The van der Waals surface area contributed by atoms with Crippen molar-refractivity contribution in [1.29, 1.82) is 0 Å². The lowest BCUT2D eigenvalue weighted by Gasteiger charge is -2.34. The predicted octanol–water partition coefficient (Wildman–Crippen LogP) is 9.97. The Morgan fingerprint density at radius 2 is 1.43 bits per heavy atom. The highest BCUT2D eigenvalue weighted by Gasteiger charge is 2.33. The molecule has 2 aliphatic rings. The van der Waals surface area contributed by atoms with Crippen LogP contribution in [-0.2, 0) is 0 Å². The van der Waals surface area contributed by atoms with E-state index in [4.69, 9.17) is 0 Å². The Bertz CT molecular complexity index is 1250. The van der Waals surface area contributed by atoms with E-state index in [2.05, 4.69) is 123 Å². The molecule has 0 heterocycles. The average Bonchev–Trinajstić information content (AvgIpc) is 2.84. The van der Waals surface area contributed by atoms with Crippen LogP contribution in [0.25, 0.3) is 0 Å². The molecule has 0 spiro atoms. The second-order valence-corrected chi connectivity index (χ2v) is 14.3. The molecule has 0 aromatic heterocycles. The third-order valence-electron chi connectivity index (χ3n) is 8.65. The zero-order valence-corrected chi connectivity index (χ0v) is 28.4. The largest absolute Gasteiger partial charge is 0.393 e. The molecule has 3 atom stereocenters. The molecule has 0 bridgehead atoms. The molecule has 0 amide bonds. The molecule has 0 radical (unpaired) electrons. The van der Waals surface area contributed by atoms with Gasteiger partial charge in [-0.2, -0.15) is 0 Å². The van der Waals surface area contributed by atoms with Crippen LogP contribution in [-0.4, -0.2) is 22.4 Å². The molecule has 2 aliphatic carbocycles. The summed E-state index contributed by atoms with van der Waals surface area (Å²) in [5.41, 5.74) is 8.57. The number of hydrogen-bond acceptors (Lipinski definition) is 2. The van der Waals surface area contributed by atoms with Gasteiger partial charge in [0.1, 0.15) is 0 Å². The van der Waals surface area contributed by atoms with Gasteiger partial charge < -0.3 is 10.2 Å². The Morgan fingerprint density at radius 3 is 2.00 bits per heavy atom. The normalized spacial score (nSPS) is 23.9. The highest BCUT2D eigenvalue weighted by Crippen LogP contribution is 2.40. The van der Waals surface area contributed by atoms with Gasteiger partial charge in [0.2, 0.25) is 0 Å². The standard InChI is InChI=1S/C40H58O2/c1-29(17-13-19-31(3)21-23-37-33(5)25-35(41)27-39(37,7)8)15-11-12-16-30(2)18-14-20-32(4)22-24-38-34(6)26-36(42)28-40(38,9)10/h13,15-17,19,32,35-36,41-42H,11-12,14,18,20,25-28H2,1-10H3/b17-13+,29-15+,30-16+,31-19+/t32?,35-,36-/m1/s1. The van der Waals surface area contributed by atoms with E-state index in [1.165, 1.54) is 39.9 Å². The Morgan fingerprint density at radius 1 is 0.881 bits per heavy atom. The van der Waals surface area contributed by atoms with Crippen molar-refractivity contribution >= 4 is 0 Å². The second kappa shape index (κ2) is 16.4. The monoisotopic (exact) mass is 570 g/mol. The minimum absolute atomic E-state index is 0.0311. The van der Waals surface area contributed by atoms with Gasteiger partial charge in [0.05, 0.1) is 12.2 Å². The summed E-state index contributed by atoms with van der Waals surface area (Å²) in [5.74, 6) is 14.1. The van der Waals surface area contributed by atoms with Gasteiger partial charge >= 0.3 is 0 Å². The first-order chi connectivity index (χ1) is 19.6. The fraction of sp³-hybridized carbons (Fsp3) is 0.600. The van der Waals surface area contributed by atoms with E-state index in [9.17, 15) is 10.2 Å². The Hall–Kier alpha value is -2.52. The number of hydrogen-bond donors (Lipinski definition) is 2. The average molecular weight is 571 g/mol. The van der Waals surface area contributed by atoms with Crippen molar-refractivity contribution in [3.05, 3.63) is 69.4 Å². The summed E-state index contributed by atoms with van der Waals surface area (Å²) >= 11 is 0. The number of unbranched alkanes of at least 4 members (excludes halogenated alkanes) is 1. The van der Waals surface area contributed by atoms with Gasteiger partial charge in [-0.1, -0.05) is 111 Å². The van der Waals surface area contributed by atoms with Crippen LogP contribution in [0.2, 0.25) is 0 Å². The van der Waals surface area contributed by atoms with Gasteiger partial charge in [0, 0.05) is 27.9 Å². The molecule has 2 heteroatoms. The third kappa shape index (κ3) is 12.0. The molecule has 42 heavy (non-hydrogen) atoms. The molecular formula is C40H58O2. The van der Waals surface area contributed by atoms with Crippen LogP contribution in [0.3, 0.4) is 0 Å². The van der Waals surface area contributed by atoms with Crippen molar-refractivity contribution < 1.29 is 10.2 Å². The maximum Gasteiger partial charge on any atom is 0.0586 e. The smallest absolute Gasteiger partial charge is 0.0586 e. The van der Waals surface area contributed by atoms with Crippen molar-refractivity contribution in [3.8, 4) is 23.7 Å². The molecule has 0 saturated carbocycles. The minimum atomic E-state index is -0.252. The number of aliphatic hydroxyl groups excluding tert-OH is 2. The van der Waals surface area contributed by atoms with Crippen LogP contribution in [0, 0.1) is 40.4 Å². The van der Waals surface area contributed by atoms with Crippen LogP contribution in [0.5, 0.6) is 0 Å². The van der Waals surface area contributed by atoms with E-state index in [1.807, 2.05) is 0 Å². The Balaban J connectivity index is 1.77. The predicted molar refractivity (Wildman–Crippen MR) is 182 cm³/mol. The first kappa shape index (κ1) is 35.7. The van der Waals surface area contributed by atoms with Gasteiger partial charge in [-0.3, -0.25) is 0 Å². The van der Waals surface area contributed by atoms with Gasteiger partial charge in [-0.25, -0.2) is 0 Å². The zero-order chi connectivity index (χ0) is 31.5. The highest BCUT2D eigenvalue weighted by molar-refractivity contribution is 5.45. The molecule has 2 nitrogen and oxygen atoms in total. The summed E-state index contributed by atoms with van der Waals surface area (Å²) in [6.45, 7) is 21.7. The summed E-state index contributed by atoms with van der Waals surface area (Å²) in [4.78, 5) is 0. The summed E-state index contributed by atoms with van der Waals surface area (Å²) < 4.78 is 0. The summed E-state index contributed by atoms with van der Waals surface area (Å²) in [6.07, 6.45) is 19.1. The van der Waals surface area contributed by atoms with E-state index < -0.39 is 0 Å². The van der Waals surface area contributed by atoms with E-state index in [-0.39, 0.29) is 23.0 Å². The molecule has 0 saturated heterocycles. The fourth-order valence-corrected chi connectivity index (χ4v) is 6.46. The first-order valence-corrected chi connectivity index (χ1v) is 16.1. The molecule has 2 N–H and O–H groups in total. The fourth-order valence-electron chi connectivity index (χ4n) is 6.46. The maximum absolute atomic E-state index is 10.1. The van der Waals surface area contributed by atoms with Crippen LogP contribution in [0.1, 0.15) is 127 Å². The van der Waals surface area contributed by atoms with Crippen LogP contribution >= 0.6 is 0 Å². The van der Waals surface area contributed by atoms with Crippen molar-refractivity contribution in [2.75, 3.05) is 0 Å². The minimum Gasteiger partial charge on any atom is -0.393 e.